The van der Waals surface area contributed by atoms with E-state index in [4.69, 9.17) is 4.74 Å². The minimum absolute atomic E-state index is 0.155. The molecule has 0 radical (unpaired) electrons. The number of hydrogen-bond acceptors (Lipinski definition) is 4. The van der Waals surface area contributed by atoms with Crippen molar-refractivity contribution in [1.82, 2.24) is 5.32 Å². The summed E-state index contributed by atoms with van der Waals surface area (Å²) in [6, 6.07) is 13.5. The van der Waals surface area contributed by atoms with Crippen LogP contribution in [0.2, 0.25) is 0 Å². The van der Waals surface area contributed by atoms with Gasteiger partial charge in [-0.25, -0.2) is 4.99 Å². The minimum atomic E-state index is -0.155. The molecule has 0 bridgehead atoms. The lowest BCUT2D eigenvalue weighted by Gasteiger charge is -2.05. The van der Waals surface area contributed by atoms with Crippen molar-refractivity contribution in [1.29, 1.82) is 0 Å². The number of hydrogen-bond donors (Lipinski definition) is 1. The van der Waals surface area contributed by atoms with Crippen LogP contribution in [0.3, 0.4) is 0 Å². The van der Waals surface area contributed by atoms with E-state index in [2.05, 4.69) is 10.3 Å². The highest BCUT2D eigenvalue weighted by atomic mass is 32.1. The summed E-state index contributed by atoms with van der Waals surface area (Å²) in [4.78, 5) is 17.2. The molecule has 1 aliphatic heterocycles. The summed E-state index contributed by atoms with van der Waals surface area (Å²) in [6.45, 7) is 0.482. The lowest BCUT2D eigenvalue weighted by atomic mass is 10.3. The van der Waals surface area contributed by atoms with Gasteiger partial charge >= 0.3 is 0 Å². The molecule has 0 aliphatic carbocycles. The largest absolute Gasteiger partial charge is 0.493 e. The van der Waals surface area contributed by atoms with Crippen molar-refractivity contribution in [2.75, 3.05) is 6.61 Å². The molecule has 0 fully saturated rings. The van der Waals surface area contributed by atoms with Gasteiger partial charge in [0.15, 0.2) is 0 Å². The van der Waals surface area contributed by atoms with Crippen LogP contribution in [0.25, 0.3) is 6.08 Å². The molecule has 0 spiro atoms. The second kappa shape index (κ2) is 6.37. The van der Waals surface area contributed by atoms with Crippen LogP contribution in [-0.2, 0) is 4.79 Å². The van der Waals surface area contributed by atoms with Crippen LogP contribution in [0.5, 0.6) is 5.75 Å². The Balaban J connectivity index is 1.58. The molecule has 0 atom stereocenters. The predicted octanol–water partition coefficient (Wildman–Crippen LogP) is 3.09. The van der Waals surface area contributed by atoms with E-state index in [0.717, 1.165) is 10.6 Å². The Morgan fingerprint density at radius 1 is 1.19 bits per heavy atom. The summed E-state index contributed by atoms with van der Waals surface area (Å²) in [5.74, 6) is 1.31. The number of rotatable bonds is 5. The zero-order valence-corrected chi connectivity index (χ0v) is 12.1. The van der Waals surface area contributed by atoms with Crippen molar-refractivity contribution in [3.05, 3.63) is 58.4 Å². The summed E-state index contributed by atoms with van der Waals surface area (Å²) in [7, 11) is 0. The Labute approximate surface area is 126 Å². The van der Waals surface area contributed by atoms with Crippen LogP contribution in [0.1, 0.15) is 11.3 Å². The van der Waals surface area contributed by atoms with E-state index in [1.165, 1.54) is 0 Å². The van der Waals surface area contributed by atoms with Crippen molar-refractivity contribution >= 4 is 29.2 Å². The fourth-order valence-electron chi connectivity index (χ4n) is 1.93. The molecule has 2 aromatic rings. The summed E-state index contributed by atoms with van der Waals surface area (Å²) < 4.78 is 5.59. The smallest absolute Gasteiger partial charge is 0.275 e. The number of amidine groups is 1. The lowest BCUT2D eigenvalue weighted by Crippen LogP contribution is -2.25. The van der Waals surface area contributed by atoms with E-state index in [1.54, 1.807) is 17.4 Å². The number of nitrogens with zero attached hydrogens (tertiary/aromatic N) is 1. The second-order valence-corrected chi connectivity index (χ2v) is 5.45. The van der Waals surface area contributed by atoms with Crippen molar-refractivity contribution in [3.8, 4) is 5.75 Å². The zero-order chi connectivity index (χ0) is 14.5. The normalized spacial score (nSPS) is 15.9. The molecule has 3 rings (SSSR count). The standard InChI is InChI=1S/C16H14N2O2S/c19-16-14(11-13-7-4-10-21-13)17-15(18-16)8-9-20-12-5-2-1-3-6-12/h1-7,10-11H,8-9H2,(H,17,18,19)/b14-11+. The Morgan fingerprint density at radius 3 is 2.81 bits per heavy atom. The first-order chi connectivity index (χ1) is 10.3. The van der Waals surface area contributed by atoms with Crippen molar-refractivity contribution in [2.24, 2.45) is 4.99 Å². The first kappa shape index (κ1) is 13.6. The van der Waals surface area contributed by atoms with Crippen molar-refractivity contribution in [3.63, 3.8) is 0 Å². The lowest BCUT2D eigenvalue weighted by molar-refractivity contribution is -0.115. The number of ether oxygens (including phenoxy) is 1. The summed E-state index contributed by atoms with van der Waals surface area (Å²) in [5.41, 5.74) is 0.451. The van der Waals surface area contributed by atoms with E-state index in [-0.39, 0.29) is 5.91 Å². The molecule has 1 aromatic heterocycles. The van der Waals surface area contributed by atoms with Crippen LogP contribution in [0.15, 0.2) is 58.5 Å². The average molecular weight is 298 g/mol. The molecule has 1 amide bonds. The van der Waals surface area contributed by atoms with Gasteiger partial charge in [-0.1, -0.05) is 24.3 Å². The fourth-order valence-corrected chi connectivity index (χ4v) is 2.58. The Kier molecular flexibility index (Phi) is 4.12. The van der Waals surface area contributed by atoms with Gasteiger partial charge < -0.3 is 10.1 Å². The molecule has 2 heterocycles. The Morgan fingerprint density at radius 2 is 2.05 bits per heavy atom. The summed E-state index contributed by atoms with van der Waals surface area (Å²) in [5, 5.41) is 4.74. The van der Waals surface area contributed by atoms with E-state index in [9.17, 15) is 4.79 Å². The number of aliphatic imine (C=N–C) groups is 1. The van der Waals surface area contributed by atoms with Crippen molar-refractivity contribution in [2.45, 2.75) is 6.42 Å². The molecule has 1 N–H and O–H groups in total. The van der Waals surface area contributed by atoms with Gasteiger partial charge in [-0.15, -0.1) is 11.3 Å². The zero-order valence-electron chi connectivity index (χ0n) is 11.3. The van der Waals surface area contributed by atoms with Gasteiger partial charge in [0.05, 0.1) is 6.61 Å². The van der Waals surface area contributed by atoms with Crippen LogP contribution >= 0.6 is 11.3 Å². The molecule has 106 valence electrons. The molecule has 4 nitrogen and oxygen atoms in total. The predicted molar refractivity (Wildman–Crippen MR) is 84.4 cm³/mol. The van der Waals surface area contributed by atoms with Crippen LogP contribution in [-0.4, -0.2) is 18.3 Å². The molecule has 0 saturated carbocycles. The van der Waals surface area contributed by atoms with Crippen LogP contribution < -0.4 is 10.1 Å². The first-order valence-electron chi connectivity index (χ1n) is 6.63. The number of nitrogens with one attached hydrogen (secondary N) is 1. The molecule has 21 heavy (non-hydrogen) atoms. The third-order valence-electron chi connectivity index (χ3n) is 2.92. The van der Waals surface area contributed by atoms with E-state index < -0.39 is 0 Å². The van der Waals surface area contributed by atoms with Gasteiger partial charge in [-0.2, -0.15) is 0 Å². The fraction of sp³-hybridized carbons (Fsp3) is 0.125. The Bertz CT molecular complexity index is 676. The minimum Gasteiger partial charge on any atom is -0.493 e. The van der Waals surface area contributed by atoms with Gasteiger partial charge in [-0.3, -0.25) is 4.79 Å². The highest BCUT2D eigenvalue weighted by Crippen LogP contribution is 2.17. The highest BCUT2D eigenvalue weighted by molar-refractivity contribution is 7.10. The topological polar surface area (TPSA) is 50.7 Å². The van der Waals surface area contributed by atoms with Gasteiger partial charge in [-0.05, 0) is 29.7 Å². The molecular formula is C16H14N2O2S. The number of thiophene rings is 1. The quantitative estimate of drug-likeness (QED) is 0.862. The first-order valence-corrected chi connectivity index (χ1v) is 7.51. The average Bonchev–Trinajstić information content (AvgIpc) is 3.11. The SMILES string of the molecule is O=C1NC(CCOc2ccccc2)=N/C1=C/c1cccs1. The van der Waals surface area contributed by atoms with Gasteiger partial charge in [0.1, 0.15) is 17.3 Å². The van der Waals surface area contributed by atoms with E-state index >= 15 is 0 Å². The van der Waals surface area contributed by atoms with Gasteiger partial charge in [0, 0.05) is 11.3 Å². The second-order valence-electron chi connectivity index (χ2n) is 4.47. The van der Waals surface area contributed by atoms with Gasteiger partial charge in [0.25, 0.3) is 5.91 Å². The molecule has 0 unspecified atom stereocenters. The third-order valence-corrected chi connectivity index (χ3v) is 3.74. The molecule has 5 heteroatoms. The highest BCUT2D eigenvalue weighted by Gasteiger charge is 2.19. The monoisotopic (exact) mass is 298 g/mol. The maximum atomic E-state index is 11.8. The van der Waals surface area contributed by atoms with Gasteiger partial charge in [0.2, 0.25) is 0 Å². The summed E-state index contributed by atoms with van der Waals surface area (Å²) in [6.07, 6.45) is 2.37. The maximum Gasteiger partial charge on any atom is 0.275 e. The summed E-state index contributed by atoms with van der Waals surface area (Å²) >= 11 is 1.58. The number of benzene rings is 1. The maximum absolute atomic E-state index is 11.8. The number of amides is 1. The molecule has 0 saturated heterocycles. The molecule has 1 aromatic carbocycles. The third kappa shape index (κ3) is 3.58. The van der Waals surface area contributed by atoms with E-state index in [1.807, 2.05) is 47.8 Å². The van der Waals surface area contributed by atoms with Crippen LogP contribution in [0, 0.1) is 0 Å². The number of carbonyl (C=O) groups is 1. The molecule has 1 aliphatic rings. The Hall–Kier alpha value is -2.40. The van der Waals surface area contributed by atoms with Crippen LogP contribution in [0.4, 0.5) is 0 Å². The number of para-hydroxylation sites is 1. The van der Waals surface area contributed by atoms with E-state index in [0.29, 0.717) is 24.6 Å². The number of carbonyl (C=O) groups excluding carboxylic acids is 1. The molecular weight excluding hydrogens is 284 g/mol. The van der Waals surface area contributed by atoms with Crippen molar-refractivity contribution < 1.29 is 9.53 Å².